The molecule has 0 aliphatic heterocycles. The number of ketones is 1. The summed E-state index contributed by atoms with van der Waals surface area (Å²) >= 11 is 6.98. The molecule has 7 heteroatoms. The van der Waals surface area contributed by atoms with Crippen LogP contribution in [0.25, 0.3) is 0 Å². The van der Waals surface area contributed by atoms with Crippen molar-refractivity contribution in [2.24, 2.45) is 7.05 Å². The second-order valence-corrected chi connectivity index (χ2v) is 5.66. The number of Topliss-reactive ketones (excluding diaryl/α,β-unsaturated/α-hetero) is 1. The number of carbonyl (C=O) groups excluding carboxylic acids is 2. The first-order valence-corrected chi connectivity index (χ1v) is 6.82. The van der Waals surface area contributed by atoms with Gasteiger partial charge in [0, 0.05) is 32.2 Å². The van der Waals surface area contributed by atoms with Crippen LogP contribution in [0.15, 0.2) is 24.4 Å². The maximum atomic E-state index is 11.8. The Kier molecular flexibility index (Phi) is 4.34. The molecule has 0 aromatic carbocycles. The van der Waals surface area contributed by atoms with Crippen molar-refractivity contribution in [1.29, 1.82) is 0 Å². The largest absolute Gasteiger partial charge is 0.309 e. The van der Waals surface area contributed by atoms with Crippen LogP contribution in [-0.2, 0) is 11.8 Å². The molecule has 0 saturated heterocycles. The molecule has 100 valence electrons. The highest BCUT2D eigenvalue weighted by atomic mass is 35.5. The van der Waals surface area contributed by atoms with Crippen molar-refractivity contribution < 1.29 is 9.59 Å². The van der Waals surface area contributed by atoms with E-state index >= 15 is 0 Å². The van der Waals surface area contributed by atoms with Crippen LogP contribution in [0, 0.1) is 0 Å². The van der Waals surface area contributed by atoms with Crippen LogP contribution in [0.2, 0.25) is 4.34 Å². The van der Waals surface area contributed by atoms with Gasteiger partial charge < -0.3 is 5.32 Å². The van der Waals surface area contributed by atoms with Crippen molar-refractivity contribution in [2.75, 3.05) is 5.32 Å². The highest BCUT2D eigenvalue weighted by Crippen LogP contribution is 2.22. The molecule has 0 atom stereocenters. The third kappa shape index (κ3) is 3.90. The summed E-state index contributed by atoms with van der Waals surface area (Å²) in [4.78, 5) is 24.0. The zero-order chi connectivity index (χ0) is 13.8. The van der Waals surface area contributed by atoms with E-state index in [0.717, 1.165) is 0 Å². The number of aromatic nitrogens is 2. The lowest BCUT2D eigenvalue weighted by atomic mass is 10.2. The smallest absolute Gasteiger partial charge is 0.226 e. The van der Waals surface area contributed by atoms with Gasteiger partial charge in [0.2, 0.25) is 5.91 Å². The fraction of sp³-hybridized carbons (Fsp3) is 0.250. The number of nitrogens with zero attached hydrogens (tertiary/aromatic N) is 2. The molecule has 2 heterocycles. The Hall–Kier alpha value is -1.66. The lowest BCUT2D eigenvalue weighted by molar-refractivity contribution is -0.116. The number of carbonyl (C=O) groups is 2. The van der Waals surface area contributed by atoms with Crippen molar-refractivity contribution in [2.45, 2.75) is 12.8 Å². The average Bonchev–Trinajstić information content (AvgIpc) is 2.95. The first-order valence-electron chi connectivity index (χ1n) is 5.62. The van der Waals surface area contributed by atoms with Crippen molar-refractivity contribution in [1.82, 2.24) is 9.78 Å². The molecule has 2 aromatic rings. The number of anilines is 1. The maximum absolute atomic E-state index is 11.8. The van der Waals surface area contributed by atoms with Crippen LogP contribution in [0.3, 0.4) is 0 Å². The number of hydrogen-bond acceptors (Lipinski definition) is 4. The summed E-state index contributed by atoms with van der Waals surface area (Å²) in [5.41, 5.74) is 0. The Morgan fingerprint density at radius 1 is 1.37 bits per heavy atom. The summed E-state index contributed by atoms with van der Waals surface area (Å²) in [6, 6.07) is 5.04. The normalized spacial score (nSPS) is 10.4. The molecule has 0 spiro atoms. The molecule has 1 amide bonds. The first kappa shape index (κ1) is 13.8. The van der Waals surface area contributed by atoms with Gasteiger partial charge in [0.1, 0.15) is 0 Å². The molecular formula is C12H12ClN3O2S. The van der Waals surface area contributed by atoms with Gasteiger partial charge in [-0.05, 0) is 12.1 Å². The minimum Gasteiger partial charge on any atom is -0.309 e. The van der Waals surface area contributed by atoms with E-state index in [4.69, 9.17) is 11.6 Å². The third-order valence-corrected chi connectivity index (χ3v) is 3.68. The Morgan fingerprint density at radius 2 is 2.16 bits per heavy atom. The first-order chi connectivity index (χ1) is 9.04. The van der Waals surface area contributed by atoms with Gasteiger partial charge in [-0.25, -0.2) is 0 Å². The van der Waals surface area contributed by atoms with Gasteiger partial charge in [-0.15, -0.1) is 11.3 Å². The predicted octanol–water partition coefficient (Wildman–Crippen LogP) is 2.74. The second kappa shape index (κ2) is 5.99. The number of amides is 1. The molecule has 2 aromatic heterocycles. The molecule has 19 heavy (non-hydrogen) atoms. The van der Waals surface area contributed by atoms with Crippen LogP contribution in [0.1, 0.15) is 22.5 Å². The fourth-order valence-corrected chi connectivity index (χ4v) is 2.51. The average molecular weight is 298 g/mol. The van der Waals surface area contributed by atoms with Gasteiger partial charge in [0.15, 0.2) is 11.6 Å². The zero-order valence-corrected chi connectivity index (χ0v) is 11.8. The van der Waals surface area contributed by atoms with E-state index < -0.39 is 0 Å². The third-order valence-electron chi connectivity index (χ3n) is 2.41. The summed E-state index contributed by atoms with van der Waals surface area (Å²) in [6.07, 6.45) is 2.02. The van der Waals surface area contributed by atoms with E-state index in [2.05, 4.69) is 10.4 Å². The van der Waals surface area contributed by atoms with E-state index in [9.17, 15) is 9.59 Å². The van der Waals surface area contributed by atoms with Crippen LogP contribution in [0.4, 0.5) is 5.82 Å². The number of thiophene rings is 1. The van der Waals surface area contributed by atoms with Crippen LogP contribution in [0.5, 0.6) is 0 Å². The van der Waals surface area contributed by atoms with E-state index in [1.165, 1.54) is 11.3 Å². The van der Waals surface area contributed by atoms with Crippen LogP contribution < -0.4 is 5.32 Å². The van der Waals surface area contributed by atoms with Crippen molar-refractivity contribution in [3.63, 3.8) is 0 Å². The molecule has 0 aliphatic rings. The molecule has 0 aliphatic carbocycles. The van der Waals surface area contributed by atoms with Gasteiger partial charge >= 0.3 is 0 Å². The standard InChI is InChI=1S/C12H12ClN3O2S/c1-16-7-6-11(15-16)14-12(18)5-2-8(17)9-3-4-10(13)19-9/h3-4,6-7H,2,5H2,1H3,(H,14,15,18). The Labute approximate surface area is 119 Å². The predicted molar refractivity (Wildman–Crippen MR) is 74.7 cm³/mol. The topological polar surface area (TPSA) is 64.0 Å². The number of aryl methyl sites for hydroxylation is 1. The van der Waals surface area contributed by atoms with Crippen molar-refractivity contribution in [3.8, 4) is 0 Å². The van der Waals surface area contributed by atoms with Gasteiger partial charge in [-0.2, -0.15) is 5.10 Å². The summed E-state index contributed by atoms with van der Waals surface area (Å²) in [6.45, 7) is 0. The minimum absolute atomic E-state index is 0.0759. The zero-order valence-electron chi connectivity index (χ0n) is 10.2. The molecule has 0 bridgehead atoms. The summed E-state index contributed by atoms with van der Waals surface area (Å²) < 4.78 is 2.16. The highest BCUT2D eigenvalue weighted by molar-refractivity contribution is 7.18. The number of halogens is 1. The van der Waals surface area contributed by atoms with Gasteiger partial charge in [0.25, 0.3) is 0 Å². The summed E-state index contributed by atoms with van der Waals surface area (Å²) in [5.74, 6) is 0.182. The Balaban J connectivity index is 1.82. The number of hydrogen-bond donors (Lipinski definition) is 1. The van der Waals surface area contributed by atoms with Gasteiger partial charge in [-0.1, -0.05) is 11.6 Å². The Bertz CT molecular complexity index is 606. The molecular weight excluding hydrogens is 286 g/mol. The molecule has 0 fully saturated rings. The molecule has 1 N–H and O–H groups in total. The Morgan fingerprint density at radius 3 is 2.74 bits per heavy atom. The summed E-state index contributed by atoms with van der Waals surface area (Å²) in [7, 11) is 1.76. The SMILES string of the molecule is Cn1ccc(NC(=O)CCC(=O)c2ccc(Cl)s2)n1. The van der Waals surface area contributed by atoms with Crippen LogP contribution >= 0.6 is 22.9 Å². The second-order valence-electron chi connectivity index (χ2n) is 3.95. The summed E-state index contributed by atoms with van der Waals surface area (Å²) in [5, 5.41) is 6.65. The van der Waals surface area contributed by atoms with E-state index in [1.54, 1.807) is 36.1 Å². The number of rotatable bonds is 5. The van der Waals surface area contributed by atoms with E-state index in [0.29, 0.717) is 15.0 Å². The van der Waals surface area contributed by atoms with E-state index in [1.807, 2.05) is 0 Å². The lowest BCUT2D eigenvalue weighted by Crippen LogP contribution is -2.13. The minimum atomic E-state index is -0.227. The highest BCUT2D eigenvalue weighted by Gasteiger charge is 2.12. The quantitative estimate of drug-likeness (QED) is 0.863. The molecule has 0 unspecified atom stereocenters. The molecule has 0 radical (unpaired) electrons. The number of nitrogens with one attached hydrogen (secondary N) is 1. The van der Waals surface area contributed by atoms with Crippen molar-refractivity contribution >= 4 is 40.4 Å². The van der Waals surface area contributed by atoms with Gasteiger partial charge in [-0.3, -0.25) is 14.3 Å². The van der Waals surface area contributed by atoms with Crippen molar-refractivity contribution in [3.05, 3.63) is 33.6 Å². The fourth-order valence-electron chi connectivity index (χ4n) is 1.50. The van der Waals surface area contributed by atoms with Crippen LogP contribution in [-0.4, -0.2) is 21.5 Å². The van der Waals surface area contributed by atoms with Gasteiger partial charge in [0.05, 0.1) is 9.21 Å². The molecule has 2 rings (SSSR count). The molecule has 5 nitrogen and oxygen atoms in total. The van der Waals surface area contributed by atoms with E-state index in [-0.39, 0.29) is 24.5 Å². The molecule has 0 saturated carbocycles. The monoisotopic (exact) mass is 297 g/mol. The maximum Gasteiger partial charge on any atom is 0.226 e. The lowest BCUT2D eigenvalue weighted by Gasteiger charge is -2.00.